The monoisotopic (exact) mass is 331 g/mol. The molecule has 1 aliphatic heterocycles. The van der Waals surface area contributed by atoms with Crippen molar-refractivity contribution in [3.8, 4) is 11.4 Å². The number of rotatable bonds is 4. The van der Waals surface area contributed by atoms with Gasteiger partial charge in [0.05, 0.1) is 5.25 Å². The van der Waals surface area contributed by atoms with Crippen LogP contribution in [0.15, 0.2) is 29.7 Å². The van der Waals surface area contributed by atoms with Gasteiger partial charge in [-0.25, -0.2) is 4.98 Å². The number of hydrogen-bond donors (Lipinski definition) is 1. The average molecular weight is 331 g/mol. The van der Waals surface area contributed by atoms with Crippen LogP contribution < -0.4 is 0 Å². The first-order valence-electron chi connectivity index (χ1n) is 8.02. The minimum atomic E-state index is -0.172. The van der Waals surface area contributed by atoms with Gasteiger partial charge in [0.15, 0.2) is 5.82 Å². The van der Waals surface area contributed by atoms with Crippen molar-refractivity contribution in [2.75, 3.05) is 13.1 Å². The SMILES string of the molecule is C[C@H](Sc1n[nH]c(-c2ccncc2)n1)C(=O)N1CCCCCC1. The van der Waals surface area contributed by atoms with Crippen LogP contribution in [0, 0.1) is 0 Å². The van der Waals surface area contributed by atoms with Crippen LogP contribution in [0.4, 0.5) is 0 Å². The lowest BCUT2D eigenvalue weighted by atomic mass is 10.2. The third kappa shape index (κ3) is 4.10. The minimum Gasteiger partial charge on any atom is -0.342 e. The summed E-state index contributed by atoms with van der Waals surface area (Å²) in [4.78, 5) is 23.0. The second-order valence-corrected chi connectivity index (χ2v) is 7.01. The van der Waals surface area contributed by atoms with Gasteiger partial charge >= 0.3 is 0 Å². The highest BCUT2D eigenvalue weighted by molar-refractivity contribution is 8.00. The summed E-state index contributed by atoms with van der Waals surface area (Å²) in [7, 11) is 0. The maximum Gasteiger partial charge on any atom is 0.235 e. The lowest BCUT2D eigenvalue weighted by molar-refractivity contribution is -0.130. The molecule has 3 rings (SSSR count). The number of pyridine rings is 1. The van der Waals surface area contributed by atoms with Crippen LogP contribution >= 0.6 is 11.8 Å². The normalized spacial score (nSPS) is 16.8. The Morgan fingerprint density at radius 3 is 2.61 bits per heavy atom. The number of nitrogens with one attached hydrogen (secondary N) is 1. The van der Waals surface area contributed by atoms with Crippen LogP contribution in [-0.2, 0) is 4.79 Å². The molecule has 1 fully saturated rings. The van der Waals surface area contributed by atoms with E-state index in [1.54, 1.807) is 12.4 Å². The molecule has 0 unspecified atom stereocenters. The molecule has 0 saturated carbocycles. The fourth-order valence-electron chi connectivity index (χ4n) is 2.69. The van der Waals surface area contributed by atoms with E-state index in [0.29, 0.717) is 11.0 Å². The highest BCUT2D eigenvalue weighted by Crippen LogP contribution is 2.24. The first kappa shape index (κ1) is 16.0. The first-order chi connectivity index (χ1) is 11.2. The highest BCUT2D eigenvalue weighted by atomic mass is 32.2. The summed E-state index contributed by atoms with van der Waals surface area (Å²) in [6.07, 6.45) is 8.10. The summed E-state index contributed by atoms with van der Waals surface area (Å²) < 4.78 is 0. The smallest absolute Gasteiger partial charge is 0.235 e. The van der Waals surface area contributed by atoms with E-state index in [0.717, 1.165) is 31.5 Å². The molecule has 6 nitrogen and oxygen atoms in total. The van der Waals surface area contributed by atoms with E-state index in [-0.39, 0.29) is 11.2 Å². The highest BCUT2D eigenvalue weighted by Gasteiger charge is 2.23. The molecule has 2 aromatic heterocycles. The van der Waals surface area contributed by atoms with Gasteiger partial charge in [-0.1, -0.05) is 24.6 Å². The predicted octanol–water partition coefficient (Wildman–Crippen LogP) is 2.75. The van der Waals surface area contributed by atoms with E-state index in [1.165, 1.54) is 24.6 Å². The quantitative estimate of drug-likeness (QED) is 0.872. The van der Waals surface area contributed by atoms with E-state index in [4.69, 9.17) is 0 Å². The molecular weight excluding hydrogens is 310 g/mol. The van der Waals surface area contributed by atoms with Gasteiger partial charge in [-0.15, -0.1) is 5.10 Å². The van der Waals surface area contributed by atoms with Crippen LogP contribution in [0.2, 0.25) is 0 Å². The average Bonchev–Trinajstić information content (AvgIpc) is 2.88. The topological polar surface area (TPSA) is 74.8 Å². The maximum absolute atomic E-state index is 12.6. The Kier molecular flexibility index (Phi) is 5.27. The molecule has 1 saturated heterocycles. The summed E-state index contributed by atoms with van der Waals surface area (Å²) >= 11 is 1.41. The van der Waals surface area contributed by atoms with Crippen molar-refractivity contribution in [2.24, 2.45) is 0 Å². The lowest BCUT2D eigenvalue weighted by Gasteiger charge is -2.23. The summed E-state index contributed by atoms with van der Waals surface area (Å²) in [6, 6.07) is 3.75. The number of H-pyrrole nitrogens is 1. The lowest BCUT2D eigenvalue weighted by Crippen LogP contribution is -2.37. The van der Waals surface area contributed by atoms with Crippen molar-refractivity contribution < 1.29 is 4.79 Å². The molecule has 2 aromatic rings. The van der Waals surface area contributed by atoms with Gasteiger partial charge in [0.25, 0.3) is 0 Å². The Morgan fingerprint density at radius 2 is 1.91 bits per heavy atom. The third-order valence-corrected chi connectivity index (χ3v) is 4.91. The number of likely N-dealkylation sites (tertiary alicyclic amines) is 1. The van der Waals surface area contributed by atoms with Crippen molar-refractivity contribution in [1.29, 1.82) is 0 Å². The molecule has 1 atom stereocenters. The number of carbonyl (C=O) groups is 1. The van der Waals surface area contributed by atoms with Crippen molar-refractivity contribution in [2.45, 2.75) is 43.0 Å². The predicted molar refractivity (Wildman–Crippen MR) is 90.0 cm³/mol. The molecule has 1 N–H and O–H groups in total. The van der Waals surface area contributed by atoms with Crippen LogP contribution in [0.5, 0.6) is 0 Å². The number of aromatic amines is 1. The second-order valence-electron chi connectivity index (χ2n) is 5.70. The fourth-order valence-corrected chi connectivity index (χ4v) is 3.50. The van der Waals surface area contributed by atoms with Crippen LogP contribution in [0.25, 0.3) is 11.4 Å². The number of nitrogens with zero attached hydrogens (tertiary/aromatic N) is 4. The molecule has 0 aliphatic carbocycles. The summed E-state index contributed by atoms with van der Waals surface area (Å²) in [6.45, 7) is 3.68. The molecule has 0 aromatic carbocycles. The number of hydrogen-bond acceptors (Lipinski definition) is 5. The Balaban J connectivity index is 1.62. The third-order valence-electron chi connectivity index (χ3n) is 3.97. The molecule has 7 heteroatoms. The molecule has 23 heavy (non-hydrogen) atoms. The van der Waals surface area contributed by atoms with Crippen molar-refractivity contribution in [3.05, 3.63) is 24.5 Å². The molecule has 0 spiro atoms. The molecule has 0 radical (unpaired) electrons. The largest absolute Gasteiger partial charge is 0.342 e. The summed E-state index contributed by atoms with van der Waals surface area (Å²) in [5, 5.41) is 7.57. The Bertz CT molecular complexity index is 637. The zero-order chi connectivity index (χ0) is 16.1. The summed E-state index contributed by atoms with van der Waals surface area (Å²) in [5.41, 5.74) is 0.936. The zero-order valence-electron chi connectivity index (χ0n) is 13.2. The zero-order valence-corrected chi connectivity index (χ0v) is 14.1. The fraction of sp³-hybridized carbons (Fsp3) is 0.500. The Hall–Kier alpha value is -1.89. The van der Waals surface area contributed by atoms with Crippen LogP contribution in [0.1, 0.15) is 32.6 Å². The standard InChI is InChI=1S/C16H21N5OS/c1-12(15(22)21-10-4-2-3-5-11-21)23-16-18-14(19-20-16)13-6-8-17-9-7-13/h6-9,12H,2-5,10-11H2,1H3,(H,18,19,20)/t12-/m0/s1. The molecule has 3 heterocycles. The maximum atomic E-state index is 12.6. The van der Waals surface area contributed by atoms with Crippen LogP contribution in [0.3, 0.4) is 0 Å². The van der Waals surface area contributed by atoms with E-state index in [9.17, 15) is 4.79 Å². The van der Waals surface area contributed by atoms with Crippen molar-refractivity contribution in [1.82, 2.24) is 25.1 Å². The minimum absolute atomic E-state index is 0.172. The molecule has 0 bridgehead atoms. The van der Waals surface area contributed by atoms with Gasteiger partial charge < -0.3 is 4.90 Å². The Morgan fingerprint density at radius 1 is 1.22 bits per heavy atom. The second kappa shape index (κ2) is 7.59. The van der Waals surface area contributed by atoms with Gasteiger partial charge in [-0.05, 0) is 31.9 Å². The van der Waals surface area contributed by atoms with Crippen molar-refractivity contribution >= 4 is 17.7 Å². The van der Waals surface area contributed by atoms with Gasteiger partial charge in [0.1, 0.15) is 0 Å². The molecule has 1 aliphatic rings. The van der Waals surface area contributed by atoms with E-state index >= 15 is 0 Å². The summed E-state index contributed by atoms with van der Waals surface area (Å²) in [5.74, 6) is 0.886. The van der Waals surface area contributed by atoms with Crippen molar-refractivity contribution in [3.63, 3.8) is 0 Å². The molecule has 1 amide bonds. The first-order valence-corrected chi connectivity index (χ1v) is 8.90. The number of aromatic nitrogens is 4. The number of thioether (sulfide) groups is 1. The molecular formula is C16H21N5OS. The number of carbonyl (C=O) groups excluding carboxylic acids is 1. The van der Waals surface area contributed by atoms with Gasteiger partial charge in [-0.3, -0.25) is 14.9 Å². The van der Waals surface area contributed by atoms with Gasteiger partial charge in [0.2, 0.25) is 11.1 Å². The number of amides is 1. The van der Waals surface area contributed by atoms with E-state index in [2.05, 4.69) is 20.2 Å². The Labute approximate surface area is 140 Å². The molecule has 122 valence electrons. The van der Waals surface area contributed by atoms with Gasteiger partial charge in [-0.2, -0.15) is 0 Å². The van der Waals surface area contributed by atoms with Crippen LogP contribution in [-0.4, -0.2) is 49.3 Å². The van der Waals surface area contributed by atoms with E-state index in [1.807, 2.05) is 24.0 Å². The van der Waals surface area contributed by atoms with Gasteiger partial charge in [0, 0.05) is 31.0 Å². The van der Waals surface area contributed by atoms with E-state index < -0.39 is 0 Å².